The third-order valence-electron chi connectivity index (χ3n) is 4.06. The molecule has 1 N–H and O–H groups in total. The minimum Gasteiger partial charge on any atom is -0.478 e. The number of hydrogen-bond acceptors (Lipinski definition) is 6. The van der Waals surface area contributed by atoms with Gasteiger partial charge in [0.15, 0.2) is 0 Å². The third kappa shape index (κ3) is 6.53. The topological polar surface area (TPSA) is 102 Å². The minimum absolute atomic E-state index is 0.0204. The van der Waals surface area contributed by atoms with E-state index in [0.29, 0.717) is 43.6 Å². The summed E-state index contributed by atoms with van der Waals surface area (Å²) in [6, 6.07) is 4.81. The van der Waals surface area contributed by atoms with E-state index in [4.69, 9.17) is 14.2 Å². The quantitative estimate of drug-likeness (QED) is 0.274. The van der Waals surface area contributed by atoms with Gasteiger partial charge in [-0.05, 0) is 44.2 Å². The van der Waals surface area contributed by atoms with Crippen molar-refractivity contribution in [3.8, 4) is 0 Å². The van der Waals surface area contributed by atoms with E-state index in [1.54, 1.807) is 19.1 Å². The Kier molecular flexibility index (Phi) is 7.55. The molecule has 1 aliphatic rings. The van der Waals surface area contributed by atoms with Crippen LogP contribution in [-0.4, -0.2) is 48.9 Å². The van der Waals surface area contributed by atoms with Crippen LogP contribution in [0.15, 0.2) is 30.4 Å². The average molecular weight is 376 g/mol. The number of carbonyl (C=O) groups excluding carboxylic acids is 2. The van der Waals surface area contributed by atoms with Crippen LogP contribution in [0.5, 0.6) is 0 Å². The number of carboxylic acid groups (broad SMARTS) is 1. The zero-order valence-electron chi connectivity index (χ0n) is 15.4. The van der Waals surface area contributed by atoms with E-state index in [1.807, 2.05) is 0 Å². The van der Waals surface area contributed by atoms with Gasteiger partial charge in [0.05, 0.1) is 24.3 Å². The van der Waals surface area contributed by atoms with Crippen molar-refractivity contribution in [2.75, 3.05) is 19.8 Å². The van der Waals surface area contributed by atoms with Gasteiger partial charge in [0, 0.05) is 5.57 Å². The summed E-state index contributed by atoms with van der Waals surface area (Å²) in [7, 11) is 0. The molecule has 1 unspecified atom stereocenters. The van der Waals surface area contributed by atoms with Gasteiger partial charge in [0.2, 0.25) is 0 Å². The molecular formula is C20H24O7. The van der Waals surface area contributed by atoms with Crippen molar-refractivity contribution >= 4 is 17.9 Å². The molecule has 0 saturated carbocycles. The number of unbranched alkanes of at least 4 members (excludes halogenated alkanes) is 2. The molecule has 1 aromatic carbocycles. The van der Waals surface area contributed by atoms with Crippen LogP contribution in [0.3, 0.4) is 0 Å². The van der Waals surface area contributed by atoms with Crippen molar-refractivity contribution in [1.82, 2.24) is 0 Å². The van der Waals surface area contributed by atoms with Gasteiger partial charge in [-0.2, -0.15) is 0 Å². The highest BCUT2D eigenvalue weighted by molar-refractivity contribution is 6.03. The van der Waals surface area contributed by atoms with Gasteiger partial charge in [0.1, 0.15) is 12.7 Å². The molecule has 0 amide bonds. The van der Waals surface area contributed by atoms with Crippen LogP contribution in [0.2, 0.25) is 0 Å². The maximum atomic E-state index is 12.2. The van der Waals surface area contributed by atoms with Crippen molar-refractivity contribution < 1.29 is 33.7 Å². The van der Waals surface area contributed by atoms with Crippen molar-refractivity contribution in [2.24, 2.45) is 0 Å². The first-order chi connectivity index (χ1) is 12.9. The maximum absolute atomic E-state index is 12.2. The van der Waals surface area contributed by atoms with Crippen LogP contribution in [0.1, 0.15) is 52.5 Å². The summed E-state index contributed by atoms with van der Waals surface area (Å²) in [6.45, 7) is 6.08. The molecule has 1 saturated heterocycles. The van der Waals surface area contributed by atoms with Crippen molar-refractivity contribution in [1.29, 1.82) is 0 Å². The number of benzene rings is 1. The second-order valence-electron chi connectivity index (χ2n) is 6.43. The fourth-order valence-corrected chi connectivity index (χ4v) is 2.52. The zero-order valence-corrected chi connectivity index (χ0v) is 15.4. The molecule has 0 bridgehead atoms. The zero-order chi connectivity index (χ0) is 19.8. The van der Waals surface area contributed by atoms with Crippen LogP contribution in [0, 0.1) is 0 Å². The Morgan fingerprint density at radius 3 is 2.59 bits per heavy atom. The lowest BCUT2D eigenvalue weighted by Crippen LogP contribution is -2.16. The Balaban J connectivity index is 1.88. The highest BCUT2D eigenvalue weighted by Crippen LogP contribution is 2.20. The second kappa shape index (κ2) is 9.87. The van der Waals surface area contributed by atoms with Gasteiger partial charge in [-0.25, -0.2) is 14.4 Å². The molecule has 1 aliphatic heterocycles. The normalized spacial score (nSPS) is 15.1. The summed E-state index contributed by atoms with van der Waals surface area (Å²) in [6.07, 6.45) is 2.56. The molecule has 0 spiro atoms. The molecule has 7 nitrogen and oxygen atoms in total. The summed E-state index contributed by atoms with van der Waals surface area (Å²) < 4.78 is 15.1. The fraction of sp³-hybridized carbons (Fsp3) is 0.450. The summed E-state index contributed by atoms with van der Waals surface area (Å²) in [5.74, 6) is -2.22. The fourth-order valence-electron chi connectivity index (χ4n) is 2.52. The number of aryl methyl sites for hydroxylation is 1. The molecule has 1 aromatic rings. The first-order valence-corrected chi connectivity index (χ1v) is 8.86. The molecule has 7 heteroatoms. The van der Waals surface area contributed by atoms with Crippen LogP contribution in [-0.2, 0) is 25.4 Å². The number of esters is 2. The Morgan fingerprint density at radius 1 is 1.22 bits per heavy atom. The molecule has 0 radical (unpaired) electrons. The highest BCUT2D eigenvalue weighted by Gasteiger charge is 2.26. The largest absolute Gasteiger partial charge is 0.478 e. The van der Waals surface area contributed by atoms with E-state index in [1.165, 1.54) is 6.07 Å². The number of ether oxygens (including phenoxy) is 3. The van der Waals surface area contributed by atoms with Crippen LogP contribution in [0.25, 0.3) is 0 Å². The molecule has 1 heterocycles. The summed E-state index contributed by atoms with van der Waals surface area (Å²) >= 11 is 0. The van der Waals surface area contributed by atoms with Gasteiger partial charge in [-0.1, -0.05) is 18.7 Å². The summed E-state index contributed by atoms with van der Waals surface area (Å²) in [4.78, 5) is 35.1. The first kappa shape index (κ1) is 20.6. The van der Waals surface area contributed by atoms with E-state index in [0.717, 1.165) is 6.42 Å². The van der Waals surface area contributed by atoms with Crippen LogP contribution >= 0.6 is 0 Å². The summed E-state index contributed by atoms with van der Waals surface area (Å²) in [5.41, 5.74) is 0.973. The van der Waals surface area contributed by atoms with Gasteiger partial charge < -0.3 is 19.3 Å². The van der Waals surface area contributed by atoms with Crippen LogP contribution < -0.4 is 0 Å². The monoisotopic (exact) mass is 376 g/mol. The van der Waals surface area contributed by atoms with E-state index in [-0.39, 0.29) is 23.8 Å². The molecule has 1 fully saturated rings. The molecule has 27 heavy (non-hydrogen) atoms. The average Bonchev–Trinajstić information content (AvgIpc) is 3.46. The Bertz CT molecular complexity index is 719. The van der Waals surface area contributed by atoms with E-state index in [2.05, 4.69) is 6.58 Å². The number of epoxide rings is 1. The summed E-state index contributed by atoms with van der Waals surface area (Å²) in [5, 5.41) is 9.54. The predicted octanol–water partition coefficient (Wildman–Crippen LogP) is 2.77. The predicted molar refractivity (Wildman–Crippen MR) is 96.8 cm³/mol. The molecule has 2 rings (SSSR count). The van der Waals surface area contributed by atoms with Gasteiger partial charge >= 0.3 is 17.9 Å². The Morgan fingerprint density at radius 2 is 1.96 bits per heavy atom. The second-order valence-corrected chi connectivity index (χ2v) is 6.43. The molecular weight excluding hydrogens is 352 g/mol. The lowest BCUT2D eigenvalue weighted by atomic mass is 9.96. The lowest BCUT2D eigenvalue weighted by Gasteiger charge is -2.11. The van der Waals surface area contributed by atoms with E-state index in [9.17, 15) is 19.5 Å². The smallest absolute Gasteiger partial charge is 0.339 e. The number of aromatic carboxylic acids is 1. The maximum Gasteiger partial charge on any atom is 0.339 e. The van der Waals surface area contributed by atoms with E-state index >= 15 is 0 Å². The van der Waals surface area contributed by atoms with Gasteiger partial charge in [-0.3, -0.25) is 0 Å². The standard InChI is InChI=1S/C20H24O7/c1-13(2)19(23)25-10-5-3-4-7-14-8-6-9-16(17(14)18(21)22)20(24)27-12-15-11-26-15/h6,8-9,15H,1,3-5,7,10-12H2,2H3,(H,21,22). The molecule has 146 valence electrons. The SMILES string of the molecule is C=C(C)C(=O)OCCCCCc1cccc(C(=O)OCC2CO2)c1C(=O)O. The number of hydrogen-bond donors (Lipinski definition) is 1. The first-order valence-electron chi connectivity index (χ1n) is 8.86. The molecule has 0 aromatic heterocycles. The lowest BCUT2D eigenvalue weighted by molar-refractivity contribution is -0.139. The van der Waals surface area contributed by atoms with Crippen molar-refractivity contribution in [3.63, 3.8) is 0 Å². The number of carbonyl (C=O) groups is 3. The minimum atomic E-state index is -1.16. The highest BCUT2D eigenvalue weighted by atomic mass is 16.6. The van der Waals surface area contributed by atoms with Crippen LogP contribution in [0.4, 0.5) is 0 Å². The van der Waals surface area contributed by atoms with E-state index < -0.39 is 17.9 Å². The van der Waals surface area contributed by atoms with Gasteiger partial charge in [0.25, 0.3) is 0 Å². The Labute approximate surface area is 157 Å². The Hall–Kier alpha value is -2.67. The van der Waals surface area contributed by atoms with Crippen molar-refractivity contribution in [3.05, 3.63) is 47.0 Å². The van der Waals surface area contributed by atoms with Crippen molar-refractivity contribution in [2.45, 2.75) is 38.7 Å². The molecule has 1 atom stereocenters. The number of rotatable bonds is 11. The number of carboxylic acids is 1. The third-order valence-corrected chi connectivity index (χ3v) is 4.06. The van der Waals surface area contributed by atoms with Gasteiger partial charge in [-0.15, -0.1) is 0 Å². The molecule has 0 aliphatic carbocycles.